The predicted octanol–water partition coefficient (Wildman–Crippen LogP) is 3.48. The van der Waals surface area contributed by atoms with Gasteiger partial charge < -0.3 is 10.2 Å². The van der Waals surface area contributed by atoms with Crippen LogP contribution in [0.15, 0.2) is 6.33 Å². The average Bonchev–Trinajstić information content (AvgIpc) is 2.36. The van der Waals surface area contributed by atoms with Crippen LogP contribution in [0.5, 0.6) is 0 Å². The molecule has 0 fully saturated rings. The maximum Gasteiger partial charge on any atom is 0.137 e. The van der Waals surface area contributed by atoms with E-state index in [0.717, 1.165) is 36.6 Å². The van der Waals surface area contributed by atoms with Crippen LogP contribution in [0.2, 0.25) is 0 Å². The third kappa shape index (κ3) is 4.37. The van der Waals surface area contributed by atoms with E-state index in [-0.39, 0.29) is 0 Å². The summed E-state index contributed by atoms with van der Waals surface area (Å²) < 4.78 is 0. The summed E-state index contributed by atoms with van der Waals surface area (Å²) in [6.45, 7) is 12.0. The van der Waals surface area contributed by atoms with Crippen molar-refractivity contribution in [3.63, 3.8) is 0 Å². The summed E-state index contributed by atoms with van der Waals surface area (Å²) in [5, 5.41) is 3.36. The summed E-state index contributed by atoms with van der Waals surface area (Å²) >= 11 is 0. The van der Waals surface area contributed by atoms with Gasteiger partial charge in [0.05, 0.1) is 0 Å². The highest BCUT2D eigenvalue weighted by atomic mass is 15.2. The standard InChI is InChI=1S/C15H28N4/c1-7-8-16-14-13(5)15(18-10-17-14)19(6)12(4)9-11(2)3/h10-12H,7-9H2,1-6H3,(H,16,17,18). The molecule has 108 valence electrons. The van der Waals surface area contributed by atoms with Crippen molar-refractivity contribution in [1.82, 2.24) is 9.97 Å². The molecule has 0 radical (unpaired) electrons. The van der Waals surface area contributed by atoms with Crippen molar-refractivity contribution >= 4 is 11.6 Å². The highest BCUT2D eigenvalue weighted by Gasteiger charge is 2.16. The SMILES string of the molecule is CCCNc1ncnc(N(C)C(C)CC(C)C)c1C. The lowest BCUT2D eigenvalue weighted by atomic mass is 10.0. The smallest absolute Gasteiger partial charge is 0.137 e. The Hall–Kier alpha value is -1.32. The van der Waals surface area contributed by atoms with Crippen molar-refractivity contribution in [1.29, 1.82) is 0 Å². The van der Waals surface area contributed by atoms with Crippen molar-refractivity contribution in [3.8, 4) is 0 Å². The van der Waals surface area contributed by atoms with Crippen LogP contribution in [-0.4, -0.2) is 29.6 Å². The van der Waals surface area contributed by atoms with E-state index in [0.29, 0.717) is 12.0 Å². The molecule has 4 heteroatoms. The van der Waals surface area contributed by atoms with Crippen LogP contribution in [0, 0.1) is 12.8 Å². The third-order valence-corrected chi connectivity index (χ3v) is 3.41. The van der Waals surface area contributed by atoms with E-state index in [1.165, 1.54) is 0 Å². The van der Waals surface area contributed by atoms with Gasteiger partial charge in [0.1, 0.15) is 18.0 Å². The molecule has 19 heavy (non-hydrogen) atoms. The Bertz CT molecular complexity index is 390. The Kier molecular flexibility index (Phi) is 6.06. The molecular formula is C15H28N4. The van der Waals surface area contributed by atoms with E-state index in [1.807, 2.05) is 0 Å². The monoisotopic (exact) mass is 264 g/mol. The first-order valence-electron chi connectivity index (χ1n) is 7.25. The number of hydrogen-bond donors (Lipinski definition) is 1. The van der Waals surface area contributed by atoms with Crippen molar-refractivity contribution in [2.75, 3.05) is 23.8 Å². The molecule has 0 saturated carbocycles. The molecule has 1 aromatic heterocycles. The fraction of sp³-hybridized carbons (Fsp3) is 0.733. The van der Waals surface area contributed by atoms with Gasteiger partial charge in [-0.15, -0.1) is 0 Å². The Balaban J connectivity index is 2.87. The first-order valence-corrected chi connectivity index (χ1v) is 7.25. The zero-order valence-electron chi connectivity index (χ0n) is 13.2. The van der Waals surface area contributed by atoms with Crippen molar-refractivity contribution < 1.29 is 0 Å². The van der Waals surface area contributed by atoms with Crippen LogP contribution in [0.1, 0.15) is 46.1 Å². The Labute approximate surface area is 117 Å². The van der Waals surface area contributed by atoms with Gasteiger partial charge in [-0.05, 0) is 32.6 Å². The number of rotatable bonds is 7. The van der Waals surface area contributed by atoms with Gasteiger partial charge in [0.15, 0.2) is 0 Å². The molecular weight excluding hydrogens is 236 g/mol. The molecule has 0 saturated heterocycles. The van der Waals surface area contributed by atoms with Gasteiger partial charge in [-0.1, -0.05) is 20.8 Å². The molecule has 0 aromatic carbocycles. The number of hydrogen-bond acceptors (Lipinski definition) is 4. The lowest BCUT2D eigenvalue weighted by Crippen LogP contribution is -2.31. The van der Waals surface area contributed by atoms with Crippen LogP contribution in [-0.2, 0) is 0 Å². The van der Waals surface area contributed by atoms with Gasteiger partial charge in [0, 0.05) is 25.2 Å². The number of nitrogens with zero attached hydrogens (tertiary/aromatic N) is 3. The zero-order chi connectivity index (χ0) is 14.4. The Morgan fingerprint density at radius 3 is 2.53 bits per heavy atom. The van der Waals surface area contributed by atoms with Gasteiger partial charge in [-0.25, -0.2) is 9.97 Å². The predicted molar refractivity (Wildman–Crippen MR) is 82.9 cm³/mol. The maximum atomic E-state index is 4.45. The molecule has 1 rings (SSSR count). The largest absolute Gasteiger partial charge is 0.370 e. The summed E-state index contributed by atoms with van der Waals surface area (Å²) in [5.74, 6) is 2.68. The van der Waals surface area contributed by atoms with Crippen LogP contribution < -0.4 is 10.2 Å². The number of aromatic nitrogens is 2. The fourth-order valence-electron chi connectivity index (χ4n) is 2.27. The van der Waals surface area contributed by atoms with E-state index in [2.05, 4.69) is 61.9 Å². The van der Waals surface area contributed by atoms with Crippen LogP contribution in [0.25, 0.3) is 0 Å². The molecule has 0 aliphatic heterocycles. The normalized spacial score (nSPS) is 12.6. The Morgan fingerprint density at radius 2 is 1.95 bits per heavy atom. The highest BCUT2D eigenvalue weighted by Crippen LogP contribution is 2.24. The van der Waals surface area contributed by atoms with Crippen LogP contribution in [0.4, 0.5) is 11.6 Å². The summed E-state index contributed by atoms with van der Waals surface area (Å²) in [4.78, 5) is 11.0. The quantitative estimate of drug-likeness (QED) is 0.818. The third-order valence-electron chi connectivity index (χ3n) is 3.41. The number of anilines is 2. The van der Waals surface area contributed by atoms with Gasteiger partial charge >= 0.3 is 0 Å². The highest BCUT2D eigenvalue weighted by molar-refractivity contribution is 5.57. The van der Waals surface area contributed by atoms with Crippen molar-refractivity contribution in [3.05, 3.63) is 11.9 Å². The topological polar surface area (TPSA) is 41.1 Å². The van der Waals surface area contributed by atoms with Crippen molar-refractivity contribution in [2.45, 2.75) is 53.5 Å². The van der Waals surface area contributed by atoms with E-state index < -0.39 is 0 Å². The molecule has 0 bridgehead atoms. The molecule has 1 atom stereocenters. The fourth-order valence-corrected chi connectivity index (χ4v) is 2.27. The second kappa shape index (κ2) is 7.31. The van der Waals surface area contributed by atoms with Gasteiger partial charge in [-0.2, -0.15) is 0 Å². The van der Waals surface area contributed by atoms with Crippen LogP contribution in [0.3, 0.4) is 0 Å². The molecule has 0 aliphatic carbocycles. The minimum absolute atomic E-state index is 0.479. The Morgan fingerprint density at radius 1 is 1.26 bits per heavy atom. The van der Waals surface area contributed by atoms with Crippen molar-refractivity contribution in [2.24, 2.45) is 5.92 Å². The molecule has 0 spiro atoms. The minimum atomic E-state index is 0.479. The maximum absolute atomic E-state index is 4.45. The minimum Gasteiger partial charge on any atom is -0.370 e. The first-order chi connectivity index (χ1) is 8.97. The van der Waals surface area contributed by atoms with Gasteiger partial charge in [-0.3, -0.25) is 0 Å². The van der Waals surface area contributed by atoms with Gasteiger partial charge in [0.2, 0.25) is 0 Å². The van der Waals surface area contributed by atoms with E-state index in [4.69, 9.17) is 0 Å². The summed E-state index contributed by atoms with van der Waals surface area (Å²) in [6, 6.07) is 0.479. The molecule has 1 N–H and O–H groups in total. The zero-order valence-corrected chi connectivity index (χ0v) is 13.2. The second-order valence-corrected chi connectivity index (χ2v) is 5.69. The average molecular weight is 264 g/mol. The lowest BCUT2D eigenvalue weighted by Gasteiger charge is -2.29. The van der Waals surface area contributed by atoms with E-state index >= 15 is 0 Å². The summed E-state index contributed by atoms with van der Waals surface area (Å²) in [6.07, 6.45) is 3.91. The van der Waals surface area contributed by atoms with Gasteiger partial charge in [0.25, 0.3) is 0 Å². The molecule has 0 aliphatic rings. The molecule has 4 nitrogen and oxygen atoms in total. The molecule has 0 amide bonds. The lowest BCUT2D eigenvalue weighted by molar-refractivity contribution is 0.501. The van der Waals surface area contributed by atoms with Crippen LogP contribution >= 0.6 is 0 Å². The number of nitrogens with one attached hydrogen (secondary N) is 1. The molecule has 1 heterocycles. The van der Waals surface area contributed by atoms with E-state index in [9.17, 15) is 0 Å². The first kappa shape index (κ1) is 15.7. The molecule has 1 unspecified atom stereocenters. The summed E-state index contributed by atoms with van der Waals surface area (Å²) in [5.41, 5.74) is 1.13. The second-order valence-electron chi connectivity index (χ2n) is 5.69. The molecule has 1 aromatic rings. The summed E-state index contributed by atoms with van der Waals surface area (Å²) in [7, 11) is 2.12. The van der Waals surface area contributed by atoms with E-state index in [1.54, 1.807) is 6.33 Å².